The summed E-state index contributed by atoms with van der Waals surface area (Å²) in [5.41, 5.74) is 0.755. The fourth-order valence-corrected chi connectivity index (χ4v) is 0.949. The maximum atomic E-state index is 5.47. The smallest absolute Gasteiger partial charge is 0.113 e. The minimum Gasteiger partial charge on any atom is -0.274 e. The second-order valence-electron chi connectivity index (χ2n) is 1.69. The van der Waals surface area contributed by atoms with Crippen molar-refractivity contribution in [3.8, 4) is 0 Å². The standard InChI is InChI=1S/C6H6BNS/c7-5-2-1-3-6(4-5)9-8/h1-4H,8H2. The summed E-state index contributed by atoms with van der Waals surface area (Å²) in [6.45, 7) is 0. The molecule has 0 spiro atoms. The van der Waals surface area contributed by atoms with Gasteiger partial charge in [-0.3, -0.25) is 5.14 Å². The molecular weight excluding hydrogens is 129 g/mol. The molecule has 44 valence electrons. The molecule has 1 aromatic carbocycles. The van der Waals surface area contributed by atoms with Gasteiger partial charge in [-0.15, -0.1) is 0 Å². The van der Waals surface area contributed by atoms with Crippen molar-refractivity contribution in [1.29, 1.82) is 0 Å². The lowest BCUT2D eigenvalue weighted by molar-refractivity contribution is 1.49. The highest BCUT2D eigenvalue weighted by Crippen LogP contribution is 2.06. The van der Waals surface area contributed by atoms with E-state index in [9.17, 15) is 0 Å². The topological polar surface area (TPSA) is 26.0 Å². The van der Waals surface area contributed by atoms with E-state index in [0.717, 1.165) is 10.4 Å². The summed E-state index contributed by atoms with van der Waals surface area (Å²) in [4.78, 5) is 0.995. The van der Waals surface area contributed by atoms with Crippen molar-refractivity contribution in [3.63, 3.8) is 0 Å². The second-order valence-corrected chi connectivity index (χ2v) is 2.40. The zero-order valence-corrected chi connectivity index (χ0v) is 5.69. The van der Waals surface area contributed by atoms with Crippen molar-refractivity contribution >= 4 is 25.3 Å². The molecule has 0 saturated heterocycles. The van der Waals surface area contributed by atoms with Crippen LogP contribution >= 0.6 is 11.9 Å². The second kappa shape index (κ2) is 2.94. The maximum Gasteiger partial charge on any atom is 0.113 e. The van der Waals surface area contributed by atoms with E-state index in [0.29, 0.717) is 0 Å². The lowest BCUT2D eigenvalue weighted by Crippen LogP contribution is -2.00. The zero-order chi connectivity index (χ0) is 6.69. The van der Waals surface area contributed by atoms with Gasteiger partial charge >= 0.3 is 0 Å². The molecule has 1 rings (SSSR count). The van der Waals surface area contributed by atoms with E-state index in [4.69, 9.17) is 13.0 Å². The molecule has 0 aliphatic rings. The molecule has 1 aromatic rings. The molecule has 1 nitrogen and oxygen atoms in total. The first-order chi connectivity index (χ1) is 4.33. The molecule has 0 atom stereocenters. The van der Waals surface area contributed by atoms with Gasteiger partial charge in [-0.25, -0.2) is 0 Å². The molecule has 2 N–H and O–H groups in total. The van der Waals surface area contributed by atoms with Gasteiger partial charge in [-0.2, -0.15) is 0 Å². The fourth-order valence-electron chi connectivity index (χ4n) is 0.588. The normalized spacial score (nSPS) is 9.44. The minimum absolute atomic E-state index is 0.755. The van der Waals surface area contributed by atoms with Crippen LogP contribution in [0.5, 0.6) is 0 Å². The Balaban J connectivity index is 2.94. The van der Waals surface area contributed by atoms with E-state index in [1.807, 2.05) is 24.3 Å². The summed E-state index contributed by atoms with van der Waals surface area (Å²) in [6.07, 6.45) is 0. The lowest BCUT2D eigenvalue weighted by atomic mass is 9.97. The maximum absolute atomic E-state index is 5.47. The average molecular weight is 135 g/mol. The van der Waals surface area contributed by atoms with Crippen LogP contribution in [0.15, 0.2) is 29.2 Å². The van der Waals surface area contributed by atoms with Crippen molar-refractivity contribution in [2.75, 3.05) is 0 Å². The summed E-state index contributed by atoms with van der Waals surface area (Å²) >= 11 is 1.20. The Bertz CT molecular complexity index is 202. The predicted octanol–water partition coefficient (Wildman–Crippen LogP) is 0.446. The van der Waals surface area contributed by atoms with E-state index in [1.54, 1.807) is 0 Å². The SMILES string of the molecule is [B]c1cccc(SN)c1. The van der Waals surface area contributed by atoms with E-state index in [2.05, 4.69) is 0 Å². The first kappa shape index (κ1) is 6.71. The zero-order valence-electron chi connectivity index (χ0n) is 4.87. The molecule has 0 saturated carbocycles. The first-order valence-electron chi connectivity index (χ1n) is 2.55. The van der Waals surface area contributed by atoms with Crippen LogP contribution in [-0.2, 0) is 0 Å². The molecule has 0 fully saturated rings. The first-order valence-corrected chi connectivity index (χ1v) is 3.43. The monoisotopic (exact) mass is 135 g/mol. The summed E-state index contributed by atoms with van der Waals surface area (Å²) in [5.74, 6) is 0. The fraction of sp³-hybridized carbons (Fsp3) is 0. The third kappa shape index (κ3) is 1.77. The van der Waals surface area contributed by atoms with E-state index >= 15 is 0 Å². The summed E-state index contributed by atoms with van der Waals surface area (Å²) in [7, 11) is 5.47. The van der Waals surface area contributed by atoms with Crippen molar-refractivity contribution in [2.45, 2.75) is 4.90 Å². The Morgan fingerprint density at radius 1 is 1.44 bits per heavy atom. The van der Waals surface area contributed by atoms with Gasteiger partial charge in [0.15, 0.2) is 0 Å². The molecule has 0 heterocycles. The van der Waals surface area contributed by atoms with Crippen LogP contribution in [0, 0.1) is 0 Å². The highest BCUT2D eigenvalue weighted by molar-refractivity contribution is 7.97. The molecular formula is C6H6BNS. The molecule has 0 amide bonds. The van der Waals surface area contributed by atoms with Gasteiger partial charge in [0, 0.05) is 4.90 Å². The Morgan fingerprint density at radius 2 is 2.22 bits per heavy atom. The molecule has 0 unspecified atom stereocenters. The van der Waals surface area contributed by atoms with E-state index in [-0.39, 0.29) is 0 Å². The summed E-state index contributed by atoms with van der Waals surface area (Å²) in [5, 5.41) is 5.28. The van der Waals surface area contributed by atoms with Crippen molar-refractivity contribution in [1.82, 2.24) is 0 Å². The largest absolute Gasteiger partial charge is 0.274 e. The van der Waals surface area contributed by atoms with Gasteiger partial charge in [0.1, 0.15) is 7.85 Å². The van der Waals surface area contributed by atoms with Gasteiger partial charge < -0.3 is 0 Å². The third-order valence-corrected chi connectivity index (χ3v) is 1.52. The van der Waals surface area contributed by atoms with Gasteiger partial charge in [-0.05, 0) is 18.0 Å². The van der Waals surface area contributed by atoms with E-state index in [1.165, 1.54) is 11.9 Å². The van der Waals surface area contributed by atoms with Crippen molar-refractivity contribution in [2.24, 2.45) is 5.14 Å². The lowest BCUT2D eigenvalue weighted by Gasteiger charge is -1.94. The van der Waals surface area contributed by atoms with Crippen LogP contribution in [0.1, 0.15) is 0 Å². The highest BCUT2D eigenvalue weighted by atomic mass is 32.2. The van der Waals surface area contributed by atoms with Crippen molar-refractivity contribution < 1.29 is 0 Å². The predicted molar refractivity (Wildman–Crippen MR) is 41.9 cm³/mol. The number of hydrogen-bond acceptors (Lipinski definition) is 2. The average Bonchev–Trinajstić information content (AvgIpc) is 1.88. The molecule has 3 heteroatoms. The molecule has 0 aromatic heterocycles. The number of benzene rings is 1. The third-order valence-electron chi connectivity index (χ3n) is 0.994. The summed E-state index contributed by atoms with van der Waals surface area (Å²) in [6, 6.07) is 7.47. The number of nitrogens with two attached hydrogens (primary N) is 1. The highest BCUT2D eigenvalue weighted by Gasteiger charge is 1.86. The molecule has 9 heavy (non-hydrogen) atoms. The van der Waals surface area contributed by atoms with Crippen LogP contribution in [-0.4, -0.2) is 7.85 Å². The summed E-state index contributed by atoms with van der Waals surface area (Å²) < 4.78 is 0. The van der Waals surface area contributed by atoms with Crippen molar-refractivity contribution in [3.05, 3.63) is 24.3 Å². The van der Waals surface area contributed by atoms with Crippen LogP contribution < -0.4 is 10.6 Å². The van der Waals surface area contributed by atoms with Gasteiger partial charge in [0.05, 0.1) is 0 Å². The van der Waals surface area contributed by atoms with E-state index < -0.39 is 0 Å². The Labute approximate surface area is 60.2 Å². The molecule has 0 aliphatic heterocycles. The Morgan fingerprint density at radius 3 is 2.67 bits per heavy atom. The Hall–Kier alpha value is -0.405. The number of hydrogen-bond donors (Lipinski definition) is 1. The van der Waals surface area contributed by atoms with Gasteiger partial charge in [-0.1, -0.05) is 23.7 Å². The molecule has 2 radical (unpaired) electrons. The van der Waals surface area contributed by atoms with Crippen LogP contribution in [0.4, 0.5) is 0 Å². The minimum atomic E-state index is 0.755. The van der Waals surface area contributed by atoms with Gasteiger partial charge in [0.2, 0.25) is 0 Å². The van der Waals surface area contributed by atoms with Gasteiger partial charge in [0.25, 0.3) is 0 Å². The van der Waals surface area contributed by atoms with Crippen LogP contribution in [0.25, 0.3) is 0 Å². The molecule has 0 bridgehead atoms. The quantitative estimate of drug-likeness (QED) is 0.446. The number of rotatable bonds is 1. The van der Waals surface area contributed by atoms with Crippen LogP contribution in [0.3, 0.4) is 0 Å². The van der Waals surface area contributed by atoms with Crippen LogP contribution in [0.2, 0.25) is 0 Å². The molecule has 0 aliphatic carbocycles. The Kier molecular flexibility index (Phi) is 2.19.